The van der Waals surface area contributed by atoms with Crippen molar-refractivity contribution >= 4 is 10.0 Å². The summed E-state index contributed by atoms with van der Waals surface area (Å²) >= 11 is 0. The van der Waals surface area contributed by atoms with E-state index in [4.69, 9.17) is 0 Å². The number of sulfonamides is 1. The van der Waals surface area contributed by atoms with Gasteiger partial charge in [-0.05, 0) is 29.5 Å². The predicted octanol–water partition coefficient (Wildman–Crippen LogP) is 2.21. The second-order valence-electron chi connectivity index (χ2n) is 6.13. The van der Waals surface area contributed by atoms with Crippen molar-refractivity contribution in [2.24, 2.45) is 11.8 Å². The Morgan fingerprint density at radius 1 is 1.19 bits per heavy atom. The second-order valence-corrected chi connectivity index (χ2v) is 8.10. The number of hydrogen-bond donors (Lipinski definition) is 1. The molecule has 1 heterocycles. The monoisotopic (exact) mass is 310 g/mol. The molecule has 0 spiro atoms. The summed E-state index contributed by atoms with van der Waals surface area (Å²) in [5.74, 6) is 0.992. The van der Waals surface area contributed by atoms with Crippen molar-refractivity contribution < 1.29 is 8.42 Å². The third-order valence-corrected chi connectivity index (χ3v) is 6.05. The maximum absolute atomic E-state index is 12.5. The summed E-state index contributed by atoms with van der Waals surface area (Å²) < 4.78 is 26.7. The van der Waals surface area contributed by atoms with Crippen molar-refractivity contribution in [3.63, 3.8) is 0 Å². The average molecular weight is 310 g/mol. The highest BCUT2D eigenvalue weighted by molar-refractivity contribution is 7.88. The lowest BCUT2D eigenvalue weighted by molar-refractivity contribution is 0.462. The van der Waals surface area contributed by atoms with Gasteiger partial charge in [-0.2, -0.15) is 0 Å². The normalized spacial score (nSPS) is 23.6. The summed E-state index contributed by atoms with van der Waals surface area (Å²) in [5.41, 5.74) is 2.00. The van der Waals surface area contributed by atoms with Crippen molar-refractivity contribution in [3.8, 4) is 0 Å². The van der Waals surface area contributed by atoms with E-state index in [0.717, 1.165) is 24.2 Å². The van der Waals surface area contributed by atoms with Crippen molar-refractivity contribution in [2.75, 3.05) is 19.6 Å². The first kappa shape index (κ1) is 16.5. The van der Waals surface area contributed by atoms with Gasteiger partial charge in [0.2, 0.25) is 10.0 Å². The van der Waals surface area contributed by atoms with E-state index in [0.29, 0.717) is 24.9 Å². The topological polar surface area (TPSA) is 49.4 Å². The lowest BCUT2D eigenvalue weighted by Gasteiger charge is -2.16. The molecule has 1 saturated heterocycles. The number of rotatable bonds is 6. The molecule has 2 atom stereocenters. The molecule has 5 heteroatoms. The maximum atomic E-state index is 12.5. The van der Waals surface area contributed by atoms with Gasteiger partial charge in [-0.15, -0.1) is 0 Å². The highest BCUT2D eigenvalue weighted by Gasteiger charge is 2.33. The fourth-order valence-electron chi connectivity index (χ4n) is 2.70. The van der Waals surface area contributed by atoms with Gasteiger partial charge < -0.3 is 5.32 Å². The minimum Gasteiger partial charge on any atom is -0.313 e. The number of benzene rings is 1. The van der Waals surface area contributed by atoms with Crippen LogP contribution in [0, 0.1) is 11.8 Å². The van der Waals surface area contributed by atoms with E-state index in [1.54, 1.807) is 4.31 Å². The third-order valence-electron chi connectivity index (χ3n) is 4.27. The van der Waals surface area contributed by atoms with Crippen LogP contribution in [-0.4, -0.2) is 32.4 Å². The van der Waals surface area contributed by atoms with Gasteiger partial charge in [0.1, 0.15) is 0 Å². The van der Waals surface area contributed by atoms with Gasteiger partial charge in [-0.1, -0.05) is 45.0 Å². The molecule has 1 fully saturated rings. The molecule has 0 aliphatic carbocycles. The van der Waals surface area contributed by atoms with E-state index in [1.807, 2.05) is 24.3 Å². The van der Waals surface area contributed by atoms with Gasteiger partial charge in [0.25, 0.3) is 0 Å². The minimum absolute atomic E-state index is 0.104. The highest BCUT2D eigenvalue weighted by atomic mass is 32.2. The van der Waals surface area contributed by atoms with E-state index >= 15 is 0 Å². The largest absolute Gasteiger partial charge is 0.313 e. The Morgan fingerprint density at radius 2 is 1.81 bits per heavy atom. The first-order chi connectivity index (χ1) is 9.92. The molecule has 2 unspecified atom stereocenters. The average Bonchev–Trinajstić information content (AvgIpc) is 2.77. The first-order valence-electron chi connectivity index (χ1n) is 7.68. The Balaban J connectivity index is 2.06. The standard InChI is InChI=1S/C16H26N2O2S/c1-4-17-9-15-6-5-7-16(8-15)12-21(19,20)18-10-13(2)14(3)11-18/h5-8,13-14,17H,4,9-12H2,1-3H3. The fraction of sp³-hybridized carbons (Fsp3) is 0.625. The maximum Gasteiger partial charge on any atom is 0.218 e. The molecule has 1 aliphatic heterocycles. The molecular weight excluding hydrogens is 284 g/mol. The minimum atomic E-state index is -3.20. The Labute approximate surface area is 128 Å². The molecule has 1 aromatic carbocycles. The third kappa shape index (κ3) is 4.28. The summed E-state index contributed by atoms with van der Waals surface area (Å²) in [5, 5.41) is 3.26. The van der Waals surface area contributed by atoms with Gasteiger partial charge in [0, 0.05) is 19.6 Å². The molecule has 0 bridgehead atoms. The molecule has 0 radical (unpaired) electrons. The van der Waals surface area contributed by atoms with Gasteiger partial charge in [0.05, 0.1) is 5.75 Å². The van der Waals surface area contributed by atoms with Crippen LogP contribution in [0.2, 0.25) is 0 Å². The van der Waals surface area contributed by atoms with Gasteiger partial charge in [-0.25, -0.2) is 12.7 Å². The number of nitrogens with zero attached hydrogens (tertiary/aromatic N) is 1. The van der Waals surface area contributed by atoms with Gasteiger partial charge in [0.15, 0.2) is 0 Å². The molecule has 1 N–H and O–H groups in total. The smallest absolute Gasteiger partial charge is 0.218 e. The summed E-state index contributed by atoms with van der Waals surface area (Å²) in [6.07, 6.45) is 0. The van der Waals surface area contributed by atoms with Crippen LogP contribution in [0.1, 0.15) is 31.9 Å². The van der Waals surface area contributed by atoms with Gasteiger partial charge >= 0.3 is 0 Å². The fourth-order valence-corrected chi connectivity index (χ4v) is 4.41. The zero-order valence-electron chi connectivity index (χ0n) is 13.2. The zero-order valence-corrected chi connectivity index (χ0v) is 14.0. The predicted molar refractivity (Wildman–Crippen MR) is 86.3 cm³/mol. The summed E-state index contributed by atoms with van der Waals surface area (Å²) in [4.78, 5) is 0. The van der Waals surface area contributed by atoms with Crippen molar-refractivity contribution in [2.45, 2.75) is 33.1 Å². The Kier molecular flexibility index (Phi) is 5.41. The molecule has 0 amide bonds. The Bertz CT molecular complexity index is 561. The molecule has 0 saturated carbocycles. The summed E-state index contributed by atoms with van der Waals surface area (Å²) in [6.45, 7) is 9.30. The molecule has 4 nitrogen and oxygen atoms in total. The van der Waals surface area contributed by atoms with E-state index in [1.165, 1.54) is 0 Å². The van der Waals surface area contributed by atoms with Crippen LogP contribution in [0.25, 0.3) is 0 Å². The van der Waals surface area contributed by atoms with E-state index in [-0.39, 0.29) is 5.75 Å². The van der Waals surface area contributed by atoms with Crippen LogP contribution >= 0.6 is 0 Å². The molecule has 1 aliphatic rings. The lowest BCUT2D eigenvalue weighted by Crippen LogP contribution is -2.30. The van der Waals surface area contributed by atoms with Crippen LogP contribution < -0.4 is 5.32 Å². The van der Waals surface area contributed by atoms with E-state index in [2.05, 4.69) is 26.1 Å². The van der Waals surface area contributed by atoms with Gasteiger partial charge in [-0.3, -0.25) is 0 Å². The van der Waals surface area contributed by atoms with Crippen LogP contribution in [0.4, 0.5) is 0 Å². The lowest BCUT2D eigenvalue weighted by atomic mass is 10.0. The van der Waals surface area contributed by atoms with Crippen molar-refractivity contribution in [1.82, 2.24) is 9.62 Å². The molecular formula is C16H26N2O2S. The quantitative estimate of drug-likeness (QED) is 0.876. The summed E-state index contributed by atoms with van der Waals surface area (Å²) in [7, 11) is -3.20. The molecule has 1 aromatic rings. The second kappa shape index (κ2) is 6.90. The number of hydrogen-bond acceptors (Lipinski definition) is 3. The van der Waals surface area contributed by atoms with E-state index in [9.17, 15) is 8.42 Å². The van der Waals surface area contributed by atoms with E-state index < -0.39 is 10.0 Å². The van der Waals surface area contributed by atoms with Crippen LogP contribution in [0.15, 0.2) is 24.3 Å². The van der Waals surface area contributed by atoms with Crippen LogP contribution in [-0.2, 0) is 22.3 Å². The SMILES string of the molecule is CCNCc1cccc(CS(=O)(=O)N2CC(C)C(C)C2)c1. The summed E-state index contributed by atoms with van der Waals surface area (Å²) in [6, 6.07) is 7.85. The zero-order chi connectivity index (χ0) is 15.5. The molecule has 21 heavy (non-hydrogen) atoms. The molecule has 118 valence electrons. The van der Waals surface area contributed by atoms with Crippen LogP contribution in [0.5, 0.6) is 0 Å². The molecule has 2 rings (SSSR count). The van der Waals surface area contributed by atoms with Crippen molar-refractivity contribution in [1.29, 1.82) is 0 Å². The first-order valence-corrected chi connectivity index (χ1v) is 9.29. The van der Waals surface area contributed by atoms with Crippen LogP contribution in [0.3, 0.4) is 0 Å². The Morgan fingerprint density at radius 3 is 2.43 bits per heavy atom. The van der Waals surface area contributed by atoms with Crippen molar-refractivity contribution in [3.05, 3.63) is 35.4 Å². The molecule has 0 aromatic heterocycles. The highest BCUT2D eigenvalue weighted by Crippen LogP contribution is 2.26. The number of nitrogens with one attached hydrogen (secondary N) is 1. The Hall–Kier alpha value is -0.910.